The molecule has 146 valence electrons. The molecule has 1 aliphatic heterocycles. The zero-order valence-corrected chi connectivity index (χ0v) is 16.8. The molecule has 0 saturated carbocycles. The van der Waals surface area contributed by atoms with E-state index in [0.29, 0.717) is 17.5 Å². The highest BCUT2D eigenvalue weighted by molar-refractivity contribution is 7.99. The van der Waals surface area contributed by atoms with E-state index in [9.17, 15) is 4.79 Å². The number of hydrogen-bond donors (Lipinski definition) is 0. The molecule has 1 fully saturated rings. The highest BCUT2D eigenvalue weighted by Crippen LogP contribution is 2.35. The summed E-state index contributed by atoms with van der Waals surface area (Å²) >= 11 is 1.84. The predicted molar refractivity (Wildman–Crippen MR) is 110 cm³/mol. The molecule has 0 spiro atoms. The van der Waals surface area contributed by atoms with Crippen molar-refractivity contribution >= 4 is 17.7 Å². The molecule has 6 nitrogen and oxygen atoms in total. The molecule has 1 saturated heterocycles. The van der Waals surface area contributed by atoms with Crippen molar-refractivity contribution in [3.8, 4) is 17.0 Å². The molecule has 1 aliphatic rings. The van der Waals surface area contributed by atoms with Crippen LogP contribution in [0.25, 0.3) is 11.3 Å². The lowest BCUT2D eigenvalue weighted by molar-refractivity contribution is 0.0755. The monoisotopic (exact) mass is 397 g/mol. The van der Waals surface area contributed by atoms with Crippen LogP contribution in [0.2, 0.25) is 0 Å². The second-order valence-electron chi connectivity index (χ2n) is 6.69. The molecule has 1 aromatic carbocycles. The van der Waals surface area contributed by atoms with Crippen molar-refractivity contribution in [2.24, 2.45) is 7.05 Å². The SMILES string of the molecule is COc1ccccc1-c1cc(C(=O)N2CCSC(c3ccco3)CC2)n(C)n1. The van der Waals surface area contributed by atoms with E-state index in [2.05, 4.69) is 5.10 Å². The van der Waals surface area contributed by atoms with E-state index in [4.69, 9.17) is 9.15 Å². The van der Waals surface area contributed by atoms with Crippen LogP contribution in [0.5, 0.6) is 5.75 Å². The third kappa shape index (κ3) is 3.67. The van der Waals surface area contributed by atoms with Gasteiger partial charge in [-0.3, -0.25) is 9.48 Å². The van der Waals surface area contributed by atoms with Gasteiger partial charge in [0.25, 0.3) is 5.91 Å². The first-order valence-corrected chi connectivity index (χ1v) is 10.3. The van der Waals surface area contributed by atoms with Crippen molar-refractivity contribution in [1.29, 1.82) is 0 Å². The molecule has 0 radical (unpaired) electrons. The molecule has 0 aliphatic carbocycles. The van der Waals surface area contributed by atoms with E-state index in [1.807, 2.05) is 66.2 Å². The number of amides is 1. The van der Waals surface area contributed by atoms with Crippen molar-refractivity contribution in [3.63, 3.8) is 0 Å². The summed E-state index contributed by atoms with van der Waals surface area (Å²) in [6, 6.07) is 13.5. The maximum absolute atomic E-state index is 13.2. The number of furan rings is 1. The zero-order valence-electron chi connectivity index (χ0n) is 16.0. The van der Waals surface area contributed by atoms with Crippen molar-refractivity contribution < 1.29 is 13.9 Å². The highest BCUT2D eigenvalue weighted by Gasteiger charge is 2.26. The van der Waals surface area contributed by atoms with Crippen molar-refractivity contribution in [2.45, 2.75) is 11.7 Å². The molecule has 0 N–H and O–H groups in total. The lowest BCUT2D eigenvalue weighted by Gasteiger charge is -2.20. The minimum Gasteiger partial charge on any atom is -0.496 e. The summed E-state index contributed by atoms with van der Waals surface area (Å²) < 4.78 is 12.6. The predicted octanol–water partition coefficient (Wildman–Crippen LogP) is 4.01. The number of benzene rings is 1. The highest BCUT2D eigenvalue weighted by atomic mass is 32.2. The largest absolute Gasteiger partial charge is 0.496 e. The molecule has 1 amide bonds. The van der Waals surface area contributed by atoms with Crippen LogP contribution in [0.4, 0.5) is 0 Å². The second-order valence-corrected chi connectivity index (χ2v) is 8.01. The molecule has 1 unspecified atom stereocenters. The maximum atomic E-state index is 13.2. The van der Waals surface area contributed by atoms with E-state index < -0.39 is 0 Å². The van der Waals surface area contributed by atoms with Gasteiger partial charge in [0.1, 0.15) is 17.2 Å². The average molecular weight is 398 g/mol. The number of thioether (sulfide) groups is 1. The van der Waals surface area contributed by atoms with Gasteiger partial charge < -0.3 is 14.1 Å². The minimum atomic E-state index is 0.0110. The number of methoxy groups -OCH3 is 1. The number of carbonyl (C=O) groups excluding carboxylic acids is 1. The fraction of sp³-hybridized carbons (Fsp3) is 0.333. The van der Waals surface area contributed by atoms with Gasteiger partial charge in [0.15, 0.2) is 0 Å². The first-order valence-electron chi connectivity index (χ1n) is 9.29. The van der Waals surface area contributed by atoms with Crippen molar-refractivity contribution in [1.82, 2.24) is 14.7 Å². The molecule has 0 bridgehead atoms. The summed E-state index contributed by atoms with van der Waals surface area (Å²) in [5.41, 5.74) is 2.20. The molecular weight excluding hydrogens is 374 g/mol. The van der Waals surface area contributed by atoms with Crippen LogP contribution in [0.15, 0.2) is 53.1 Å². The summed E-state index contributed by atoms with van der Waals surface area (Å²) in [5, 5.41) is 4.85. The van der Waals surface area contributed by atoms with Gasteiger partial charge in [0.2, 0.25) is 0 Å². The van der Waals surface area contributed by atoms with Crippen LogP contribution in [-0.4, -0.2) is 46.5 Å². The summed E-state index contributed by atoms with van der Waals surface area (Å²) in [4.78, 5) is 15.1. The van der Waals surface area contributed by atoms with E-state index in [-0.39, 0.29) is 5.91 Å². The fourth-order valence-corrected chi connectivity index (χ4v) is 4.67. The van der Waals surface area contributed by atoms with Crippen LogP contribution < -0.4 is 4.74 Å². The van der Waals surface area contributed by atoms with E-state index in [1.54, 1.807) is 18.1 Å². The molecule has 3 aromatic rings. The van der Waals surface area contributed by atoms with Crippen LogP contribution in [0, 0.1) is 0 Å². The van der Waals surface area contributed by atoms with Gasteiger partial charge in [0.05, 0.1) is 24.3 Å². The minimum absolute atomic E-state index is 0.0110. The van der Waals surface area contributed by atoms with E-state index in [1.165, 1.54) is 0 Å². The number of para-hydroxylation sites is 1. The number of aryl methyl sites for hydroxylation is 1. The number of rotatable bonds is 4. The molecule has 28 heavy (non-hydrogen) atoms. The zero-order chi connectivity index (χ0) is 19.5. The van der Waals surface area contributed by atoms with Gasteiger partial charge in [-0.25, -0.2) is 0 Å². The topological polar surface area (TPSA) is 60.5 Å². The third-order valence-electron chi connectivity index (χ3n) is 4.97. The molecule has 3 heterocycles. The quantitative estimate of drug-likeness (QED) is 0.666. The van der Waals surface area contributed by atoms with Gasteiger partial charge in [-0.1, -0.05) is 12.1 Å². The Morgan fingerprint density at radius 1 is 1.25 bits per heavy atom. The Balaban J connectivity index is 1.53. The molecular formula is C21H23N3O3S. The Labute approximate surface area is 168 Å². The first kappa shape index (κ1) is 18.7. The normalized spacial score (nSPS) is 17.4. The Hall–Kier alpha value is -2.67. The Bertz CT molecular complexity index is 952. The lowest BCUT2D eigenvalue weighted by atomic mass is 10.1. The van der Waals surface area contributed by atoms with Gasteiger partial charge in [-0.05, 0) is 36.8 Å². The van der Waals surface area contributed by atoms with Gasteiger partial charge >= 0.3 is 0 Å². The summed E-state index contributed by atoms with van der Waals surface area (Å²) in [6.45, 7) is 1.42. The fourth-order valence-electron chi connectivity index (χ4n) is 3.49. The standard InChI is InChI=1S/C21H23N3O3S/c1-23-17(14-16(22-23)15-6-3-4-7-18(15)26-2)21(25)24-10-9-20(28-13-11-24)19-8-5-12-27-19/h3-8,12,14,20H,9-11,13H2,1-2H3. The molecule has 1 atom stereocenters. The Morgan fingerprint density at radius 3 is 2.89 bits per heavy atom. The van der Waals surface area contributed by atoms with Crippen molar-refractivity contribution in [2.75, 3.05) is 26.0 Å². The second kappa shape index (κ2) is 8.14. The molecule has 4 rings (SSSR count). The van der Waals surface area contributed by atoms with Crippen LogP contribution in [0.3, 0.4) is 0 Å². The van der Waals surface area contributed by atoms with Crippen LogP contribution >= 0.6 is 11.8 Å². The summed E-state index contributed by atoms with van der Waals surface area (Å²) in [7, 11) is 3.45. The van der Waals surface area contributed by atoms with Gasteiger partial charge in [-0.15, -0.1) is 11.8 Å². The first-order chi connectivity index (χ1) is 13.7. The van der Waals surface area contributed by atoms with Gasteiger partial charge in [-0.2, -0.15) is 5.10 Å². The number of nitrogens with zero attached hydrogens (tertiary/aromatic N) is 3. The number of hydrogen-bond acceptors (Lipinski definition) is 5. The Kier molecular flexibility index (Phi) is 5.43. The van der Waals surface area contributed by atoms with E-state index in [0.717, 1.165) is 41.5 Å². The van der Waals surface area contributed by atoms with Crippen molar-refractivity contribution in [3.05, 3.63) is 60.2 Å². The number of ether oxygens (including phenoxy) is 1. The van der Waals surface area contributed by atoms with E-state index >= 15 is 0 Å². The maximum Gasteiger partial charge on any atom is 0.272 e. The lowest BCUT2D eigenvalue weighted by Crippen LogP contribution is -2.34. The Morgan fingerprint density at radius 2 is 2.11 bits per heavy atom. The third-order valence-corrected chi connectivity index (χ3v) is 6.26. The number of carbonyl (C=O) groups is 1. The summed E-state index contributed by atoms with van der Waals surface area (Å²) in [5.74, 6) is 2.62. The van der Waals surface area contributed by atoms with Crippen LogP contribution in [-0.2, 0) is 7.05 Å². The number of aromatic nitrogens is 2. The van der Waals surface area contributed by atoms with Gasteiger partial charge in [0, 0.05) is 31.5 Å². The smallest absolute Gasteiger partial charge is 0.272 e. The van der Waals surface area contributed by atoms with Crippen LogP contribution in [0.1, 0.15) is 27.9 Å². The summed E-state index contributed by atoms with van der Waals surface area (Å²) in [6.07, 6.45) is 2.58. The average Bonchev–Trinajstić information content (AvgIpc) is 3.32. The molecule has 7 heteroatoms. The molecule has 2 aromatic heterocycles.